The number of aliphatic hydroxyl groups is 2. The van der Waals surface area contributed by atoms with Gasteiger partial charge in [-0.2, -0.15) is 0 Å². The van der Waals surface area contributed by atoms with Gasteiger partial charge in [-0.05, 0) is 25.8 Å². The molecular weight excluding hydrogens is 116 g/mol. The highest BCUT2D eigenvalue weighted by molar-refractivity contribution is 5.00. The minimum absolute atomic E-state index is 0.0569. The van der Waals surface area contributed by atoms with Crippen LogP contribution in [0.1, 0.15) is 20.3 Å². The topological polar surface area (TPSA) is 40.5 Å². The summed E-state index contributed by atoms with van der Waals surface area (Å²) in [5, 5.41) is 17.4. The molecule has 0 saturated carbocycles. The third-order valence-corrected chi connectivity index (χ3v) is 1.17. The molecule has 54 valence electrons. The van der Waals surface area contributed by atoms with Crippen LogP contribution in [0.25, 0.3) is 0 Å². The van der Waals surface area contributed by atoms with Crippen molar-refractivity contribution in [1.82, 2.24) is 0 Å². The van der Waals surface area contributed by atoms with E-state index in [2.05, 4.69) is 0 Å². The van der Waals surface area contributed by atoms with Gasteiger partial charge >= 0.3 is 0 Å². The molecule has 0 rings (SSSR count). The Morgan fingerprint density at radius 2 is 2.22 bits per heavy atom. The second-order valence-electron chi connectivity index (χ2n) is 2.16. The first-order valence-corrected chi connectivity index (χ1v) is 3.13. The summed E-state index contributed by atoms with van der Waals surface area (Å²) < 4.78 is 0. The third-order valence-electron chi connectivity index (χ3n) is 1.17. The first-order chi connectivity index (χ1) is 4.20. The molecule has 0 aliphatic carbocycles. The number of hydrogen-bond acceptors (Lipinski definition) is 2. The zero-order valence-electron chi connectivity index (χ0n) is 5.96. The molecule has 2 nitrogen and oxygen atoms in total. The number of aliphatic hydroxyl groups excluding tert-OH is 2. The Hall–Kier alpha value is -0.340. The van der Waals surface area contributed by atoms with Crippen molar-refractivity contribution >= 4 is 0 Å². The van der Waals surface area contributed by atoms with Crippen LogP contribution in [0, 0.1) is 0 Å². The van der Waals surface area contributed by atoms with E-state index in [0.717, 1.165) is 5.57 Å². The zero-order chi connectivity index (χ0) is 7.28. The molecule has 2 N–H and O–H groups in total. The summed E-state index contributed by atoms with van der Waals surface area (Å²) in [7, 11) is 0. The predicted octanol–water partition coefficient (Wildman–Crippen LogP) is 0.696. The summed E-state index contributed by atoms with van der Waals surface area (Å²) in [6.45, 7) is 3.62. The summed E-state index contributed by atoms with van der Waals surface area (Å²) >= 11 is 0. The molecule has 0 saturated heterocycles. The summed E-state index contributed by atoms with van der Waals surface area (Å²) in [6.07, 6.45) is 2.06. The van der Waals surface area contributed by atoms with E-state index in [1.165, 1.54) is 0 Å². The molecule has 0 bridgehead atoms. The minimum atomic E-state index is -0.344. The second kappa shape index (κ2) is 4.53. The number of rotatable bonds is 3. The van der Waals surface area contributed by atoms with E-state index >= 15 is 0 Å². The summed E-state index contributed by atoms with van der Waals surface area (Å²) in [6, 6.07) is 0. The van der Waals surface area contributed by atoms with Gasteiger partial charge in [0.1, 0.15) is 0 Å². The largest absolute Gasteiger partial charge is 0.393 e. The first-order valence-electron chi connectivity index (χ1n) is 3.13. The van der Waals surface area contributed by atoms with Crippen molar-refractivity contribution in [3.63, 3.8) is 0 Å². The summed E-state index contributed by atoms with van der Waals surface area (Å²) in [5.41, 5.74) is 0.894. The van der Waals surface area contributed by atoms with Crippen LogP contribution in [-0.4, -0.2) is 22.9 Å². The highest BCUT2D eigenvalue weighted by atomic mass is 16.3. The number of allylic oxidation sites excluding steroid dienone is 1. The van der Waals surface area contributed by atoms with Gasteiger partial charge in [-0.15, -0.1) is 0 Å². The fraction of sp³-hybridized carbons (Fsp3) is 0.714. The molecule has 0 aromatic carbocycles. The van der Waals surface area contributed by atoms with E-state index in [9.17, 15) is 0 Å². The Kier molecular flexibility index (Phi) is 4.36. The van der Waals surface area contributed by atoms with Crippen molar-refractivity contribution in [2.24, 2.45) is 0 Å². The summed E-state index contributed by atoms with van der Waals surface area (Å²) in [4.78, 5) is 0. The fourth-order valence-corrected chi connectivity index (χ4v) is 0.653. The van der Waals surface area contributed by atoms with Gasteiger partial charge in [-0.1, -0.05) is 6.08 Å². The Balaban J connectivity index is 3.58. The zero-order valence-corrected chi connectivity index (χ0v) is 5.96. The van der Waals surface area contributed by atoms with Crippen LogP contribution in [0.2, 0.25) is 0 Å². The average molecular weight is 130 g/mol. The molecule has 0 aromatic rings. The van der Waals surface area contributed by atoms with Crippen LogP contribution >= 0.6 is 0 Å². The molecule has 0 aliphatic rings. The van der Waals surface area contributed by atoms with Gasteiger partial charge in [0.05, 0.1) is 12.7 Å². The van der Waals surface area contributed by atoms with E-state index in [1.807, 2.05) is 13.0 Å². The van der Waals surface area contributed by atoms with Crippen molar-refractivity contribution in [3.05, 3.63) is 11.6 Å². The Morgan fingerprint density at radius 1 is 1.67 bits per heavy atom. The van der Waals surface area contributed by atoms with Crippen LogP contribution < -0.4 is 0 Å². The lowest BCUT2D eigenvalue weighted by molar-refractivity contribution is 0.188. The number of hydrogen-bond donors (Lipinski definition) is 2. The molecule has 1 unspecified atom stereocenters. The van der Waals surface area contributed by atoms with E-state index in [-0.39, 0.29) is 12.7 Å². The van der Waals surface area contributed by atoms with Crippen LogP contribution in [0.3, 0.4) is 0 Å². The molecule has 0 amide bonds. The molecule has 1 atom stereocenters. The van der Waals surface area contributed by atoms with Gasteiger partial charge < -0.3 is 10.2 Å². The molecule has 0 fully saturated rings. The van der Waals surface area contributed by atoms with E-state index < -0.39 is 0 Å². The second-order valence-corrected chi connectivity index (χ2v) is 2.16. The van der Waals surface area contributed by atoms with Crippen molar-refractivity contribution in [1.29, 1.82) is 0 Å². The average Bonchev–Trinajstić information content (AvgIpc) is 1.82. The van der Waals surface area contributed by atoms with Gasteiger partial charge in [0, 0.05) is 0 Å². The Labute approximate surface area is 55.8 Å². The Bertz CT molecular complexity index is 95.1. The highest BCUT2D eigenvalue weighted by Crippen LogP contribution is 2.02. The highest BCUT2D eigenvalue weighted by Gasteiger charge is 1.98. The van der Waals surface area contributed by atoms with Crippen LogP contribution in [0.15, 0.2) is 11.6 Å². The SMILES string of the molecule is C/C=C(/CO)CC(C)O. The molecule has 0 heterocycles. The maximum atomic E-state index is 8.83. The molecular formula is C7H14O2. The molecule has 0 spiro atoms. The van der Waals surface area contributed by atoms with Gasteiger partial charge in [0.2, 0.25) is 0 Å². The predicted molar refractivity (Wildman–Crippen MR) is 37.1 cm³/mol. The quantitative estimate of drug-likeness (QED) is 0.552. The third kappa shape index (κ3) is 4.18. The molecule has 0 aromatic heterocycles. The van der Waals surface area contributed by atoms with Gasteiger partial charge in [-0.25, -0.2) is 0 Å². The van der Waals surface area contributed by atoms with Crippen LogP contribution in [0.4, 0.5) is 0 Å². The van der Waals surface area contributed by atoms with Crippen molar-refractivity contribution < 1.29 is 10.2 Å². The van der Waals surface area contributed by atoms with Crippen molar-refractivity contribution in [2.75, 3.05) is 6.61 Å². The molecule has 2 heteroatoms. The standard InChI is InChI=1S/C7H14O2/c1-3-7(5-8)4-6(2)9/h3,6,8-9H,4-5H2,1-2H3/b7-3+. The van der Waals surface area contributed by atoms with Gasteiger partial charge in [-0.3, -0.25) is 0 Å². The lowest BCUT2D eigenvalue weighted by atomic mass is 10.1. The minimum Gasteiger partial charge on any atom is -0.393 e. The Morgan fingerprint density at radius 3 is 2.33 bits per heavy atom. The first kappa shape index (κ1) is 8.66. The summed E-state index contributed by atoms with van der Waals surface area (Å²) in [5.74, 6) is 0. The normalized spacial score (nSPS) is 15.8. The van der Waals surface area contributed by atoms with Crippen LogP contribution in [0.5, 0.6) is 0 Å². The fourth-order valence-electron chi connectivity index (χ4n) is 0.653. The van der Waals surface area contributed by atoms with E-state index in [1.54, 1.807) is 6.92 Å². The van der Waals surface area contributed by atoms with Gasteiger partial charge in [0.25, 0.3) is 0 Å². The molecule has 0 radical (unpaired) electrons. The van der Waals surface area contributed by atoms with E-state index in [0.29, 0.717) is 6.42 Å². The van der Waals surface area contributed by atoms with E-state index in [4.69, 9.17) is 10.2 Å². The molecule has 9 heavy (non-hydrogen) atoms. The molecule has 0 aliphatic heterocycles. The maximum absolute atomic E-state index is 8.83. The lowest BCUT2D eigenvalue weighted by Crippen LogP contribution is -2.03. The lowest BCUT2D eigenvalue weighted by Gasteiger charge is -2.04. The van der Waals surface area contributed by atoms with Crippen LogP contribution in [-0.2, 0) is 0 Å². The van der Waals surface area contributed by atoms with Crippen molar-refractivity contribution in [3.8, 4) is 0 Å². The maximum Gasteiger partial charge on any atom is 0.0642 e. The smallest absolute Gasteiger partial charge is 0.0642 e. The van der Waals surface area contributed by atoms with Gasteiger partial charge in [0.15, 0.2) is 0 Å². The van der Waals surface area contributed by atoms with Crippen molar-refractivity contribution in [2.45, 2.75) is 26.4 Å². The monoisotopic (exact) mass is 130 g/mol.